The molecular weight excluding hydrogens is 432 g/mol. The summed E-state index contributed by atoms with van der Waals surface area (Å²) in [7, 11) is 0. The molecule has 7 nitrogen and oxygen atoms in total. The molecule has 1 fully saturated rings. The van der Waals surface area contributed by atoms with Crippen LogP contribution in [0, 0.1) is 0 Å². The fourth-order valence-electron chi connectivity index (χ4n) is 3.98. The van der Waals surface area contributed by atoms with Crippen molar-refractivity contribution in [2.24, 2.45) is 0 Å². The molecule has 0 saturated carbocycles. The Morgan fingerprint density at radius 1 is 1.09 bits per heavy atom. The number of carbonyl (C=O) groups is 3. The number of benzene rings is 1. The van der Waals surface area contributed by atoms with Gasteiger partial charge in [-0.25, -0.2) is 0 Å². The lowest BCUT2D eigenvalue weighted by Crippen LogP contribution is -2.57. The fourth-order valence-corrected chi connectivity index (χ4v) is 3.98. The first-order valence-corrected chi connectivity index (χ1v) is 13.0. The topological polar surface area (TPSA) is 84.9 Å². The van der Waals surface area contributed by atoms with Gasteiger partial charge in [0.25, 0.3) is 5.91 Å². The number of carbonyl (C=O) groups excluding carboxylic acids is 3. The number of piperazine rings is 1. The van der Waals surface area contributed by atoms with E-state index in [1.165, 1.54) is 37.0 Å². The first-order chi connectivity index (χ1) is 16.5. The minimum atomic E-state index is -0.869. The number of hydrogen-bond acceptors (Lipinski definition) is 5. The summed E-state index contributed by atoms with van der Waals surface area (Å²) in [5.41, 5.74) is 0.438. The monoisotopic (exact) mass is 474 g/mol. The Hall–Kier alpha value is -2.57. The molecule has 0 bridgehead atoms. The van der Waals surface area contributed by atoms with Crippen LogP contribution in [0.5, 0.6) is 5.75 Å². The van der Waals surface area contributed by atoms with E-state index >= 15 is 0 Å². The molecule has 2 atom stereocenters. The maximum absolute atomic E-state index is 13.2. The second-order valence-electron chi connectivity index (χ2n) is 9.07. The third-order valence-corrected chi connectivity index (χ3v) is 6.21. The van der Waals surface area contributed by atoms with Gasteiger partial charge in [-0.3, -0.25) is 14.4 Å². The van der Waals surface area contributed by atoms with Crippen molar-refractivity contribution in [2.45, 2.75) is 97.1 Å². The van der Waals surface area contributed by atoms with Crippen LogP contribution in [0.4, 0.5) is 0 Å². The van der Waals surface area contributed by atoms with Crippen molar-refractivity contribution in [1.82, 2.24) is 10.2 Å². The van der Waals surface area contributed by atoms with Gasteiger partial charge >= 0.3 is 5.97 Å². The summed E-state index contributed by atoms with van der Waals surface area (Å²) in [6, 6.07) is 6.11. The highest BCUT2D eigenvalue weighted by Gasteiger charge is 2.35. The summed E-state index contributed by atoms with van der Waals surface area (Å²) < 4.78 is 11.2. The Morgan fingerprint density at radius 3 is 2.50 bits per heavy atom. The number of nitrogens with one attached hydrogen (secondary N) is 1. The van der Waals surface area contributed by atoms with Crippen LogP contribution >= 0.6 is 0 Å². The summed E-state index contributed by atoms with van der Waals surface area (Å²) in [6.07, 6.45) is 10.1. The predicted octanol–water partition coefficient (Wildman–Crippen LogP) is 4.88. The normalized spacial score (nSPS) is 16.6. The van der Waals surface area contributed by atoms with E-state index in [0.29, 0.717) is 31.0 Å². The van der Waals surface area contributed by atoms with Crippen molar-refractivity contribution in [3.63, 3.8) is 0 Å². The molecule has 1 heterocycles. The number of nitrogens with zero attached hydrogens (tertiary/aromatic N) is 1. The molecule has 34 heavy (non-hydrogen) atoms. The molecule has 1 aromatic carbocycles. The molecule has 1 aliphatic heterocycles. The Labute approximate surface area is 204 Å². The zero-order chi connectivity index (χ0) is 24.8. The molecule has 1 saturated heterocycles. The van der Waals surface area contributed by atoms with Crippen molar-refractivity contribution in [2.75, 3.05) is 19.7 Å². The molecule has 2 unspecified atom stereocenters. The van der Waals surface area contributed by atoms with Crippen molar-refractivity contribution < 1.29 is 23.9 Å². The molecule has 0 spiro atoms. The zero-order valence-electron chi connectivity index (χ0n) is 21.1. The third-order valence-electron chi connectivity index (χ3n) is 6.21. The van der Waals surface area contributed by atoms with Gasteiger partial charge in [0.2, 0.25) is 5.91 Å². The van der Waals surface area contributed by atoms with Crippen molar-refractivity contribution >= 4 is 17.8 Å². The Kier molecular flexibility index (Phi) is 12.5. The molecule has 0 radical (unpaired) electrons. The van der Waals surface area contributed by atoms with Gasteiger partial charge in [-0.1, -0.05) is 64.9 Å². The lowest BCUT2D eigenvalue weighted by Gasteiger charge is -2.34. The van der Waals surface area contributed by atoms with E-state index in [4.69, 9.17) is 9.47 Å². The SMILES string of the molecule is CCCCCCCCCCOC(=O)CC1C(=O)NCCN1C(=O)c1cccc(OC(C)CC)c1. The van der Waals surface area contributed by atoms with Crippen molar-refractivity contribution in [1.29, 1.82) is 0 Å². The summed E-state index contributed by atoms with van der Waals surface area (Å²) >= 11 is 0. The minimum absolute atomic E-state index is 0.0368. The predicted molar refractivity (Wildman–Crippen MR) is 133 cm³/mol. The molecule has 7 heteroatoms. The highest BCUT2D eigenvalue weighted by atomic mass is 16.5. The van der Waals surface area contributed by atoms with E-state index in [2.05, 4.69) is 12.2 Å². The average Bonchev–Trinajstić information content (AvgIpc) is 2.84. The van der Waals surface area contributed by atoms with E-state index in [1.807, 2.05) is 19.9 Å². The van der Waals surface area contributed by atoms with Crippen LogP contribution in [0.15, 0.2) is 24.3 Å². The van der Waals surface area contributed by atoms with Gasteiger partial charge in [0, 0.05) is 18.7 Å². The number of rotatable bonds is 15. The van der Waals surface area contributed by atoms with Crippen LogP contribution < -0.4 is 10.1 Å². The van der Waals surface area contributed by atoms with E-state index in [9.17, 15) is 14.4 Å². The molecule has 1 aliphatic rings. The summed E-state index contributed by atoms with van der Waals surface area (Å²) in [5.74, 6) is -0.444. The van der Waals surface area contributed by atoms with Crippen molar-refractivity contribution in [3.8, 4) is 5.75 Å². The van der Waals surface area contributed by atoms with Gasteiger partial charge < -0.3 is 19.7 Å². The van der Waals surface area contributed by atoms with E-state index in [1.54, 1.807) is 18.2 Å². The van der Waals surface area contributed by atoms with E-state index in [-0.39, 0.29) is 24.3 Å². The molecule has 1 aromatic rings. The second kappa shape index (κ2) is 15.4. The third kappa shape index (κ3) is 9.35. The number of hydrogen-bond donors (Lipinski definition) is 1. The van der Waals surface area contributed by atoms with Gasteiger partial charge in [-0.05, 0) is 38.0 Å². The summed E-state index contributed by atoms with van der Waals surface area (Å²) in [4.78, 5) is 39.6. The van der Waals surface area contributed by atoms with Crippen LogP contribution in [0.1, 0.15) is 95.3 Å². The second-order valence-corrected chi connectivity index (χ2v) is 9.07. The zero-order valence-corrected chi connectivity index (χ0v) is 21.1. The summed E-state index contributed by atoms with van der Waals surface area (Å²) in [6.45, 7) is 7.27. The number of esters is 1. The summed E-state index contributed by atoms with van der Waals surface area (Å²) in [5, 5.41) is 2.76. The fraction of sp³-hybridized carbons (Fsp3) is 0.667. The molecule has 2 amide bonds. The molecule has 0 aromatic heterocycles. The lowest BCUT2D eigenvalue weighted by atomic mass is 10.1. The number of unbranched alkanes of at least 4 members (excludes halogenated alkanes) is 7. The molecule has 0 aliphatic carbocycles. The van der Waals surface area contributed by atoms with Crippen LogP contribution in [-0.4, -0.2) is 54.5 Å². The Bertz CT molecular complexity index is 782. The first-order valence-electron chi connectivity index (χ1n) is 13.0. The highest BCUT2D eigenvalue weighted by Crippen LogP contribution is 2.20. The first kappa shape index (κ1) is 27.7. The lowest BCUT2D eigenvalue weighted by molar-refractivity contribution is -0.147. The molecule has 2 rings (SSSR count). The van der Waals surface area contributed by atoms with Gasteiger partial charge in [-0.15, -0.1) is 0 Å². The molecule has 190 valence electrons. The van der Waals surface area contributed by atoms with E-state index in [0.717, 1.165) is 25.7 Å². The maximum Gasteiger partial charge on any atom is 0.308 e. The maximum atomic E-state index is 13.2. The average molecular weight is 475 g/mol. The highest BCUT2D eigenvalue weighted by molar-refractivity contribution is 5.99. The largest absolute Gasteiger partial charge is 0.491 e. The van der Waals surface area contributed by atoms with Crippen molar-refractivity contribution in [3.05, 3.63) is 29.8 Å². The van der Waals surface area contributed by atoms with Gasteiger partial charge in [-0.2, -0.15) is 0 Å². The Morgan fingerprint density at radius 2 is 1.79 bits per heavy atom. The van der Waals surface area contributed by atoms with Crippen LogP contribution in [0.2, 0.25) is 0 Å². The minimum Gasteiger partial charge on any atom is -0.491 e. The smallest absolute Gasteiger partial charge is 0.308 e. The number of amides is 2. The van der Waals surface area contributed by atoms with Crippen LogP contribution in [0.25, 0.3) is 0 Å². The van der Waals surface area contributed by atoms with Gasteiger partial charge in [0.15, 0.2) is 0 Å². The standard InChI is InChI=1S/C27H42N2O5/c1-4-6-7-8-9-10-11-12-18-33-25(30)20-24-26(31)28-16-17-29(24)27(32)22-14-13-15-23(19-22)34-21(3)5-2/h13-15,19,21,24H,4-12,16-18,20H2,1-3H3,(H,28,31). The molecule has 1 N–H and O–H groups in total. The number of ether oxygens (including phenoxy) is 2. The van der Waals surface area contributed by atoms with Gasteiger partial charge in [0.1, 0.15) is 11.8 Å². The Balaban J connectivity index is 1.85. The quantitative estimate of drug-likeness (QED) is 0.289. The van der Waals surface area contributed by atoms with E-state index < -0.39 is 12.0 Å². The molecular formula is C27H42N2O5. The van der Waals surface area contributed by atoms with Crippen LogP contribution in [-0.2, 0) is 14.3 Å². The van der Waals surface area contributed by atoms with Crippen LogP contribution in [0.3, 0.4) is 0 Å². The van der Waals surface area contributed by atoms with Gasteiger partial charge in [0.05, 0.1) is 19.1 Å².